The molecule has 1 aromatic rings. The van der Waals surface area contributed by atoms with E-state index in [0.29, 0.717) is 10.8 Å². The molecule has 0 aromatic carbocycles. The van der Waals surface area contributed by atoms with Crippen molar-refractivity contribution in [2.75, 3.05) is 23.7 Å². The molecule has 2 heterocycles. The van der Waals surface area contributed by atoms with E-state index >= 15 is 0 Å². The Labute approximate surface area is 111 Å². The van der Waals surface area contributed by atoms with E-state index in [1.807, 2.05) is 0 Å². The van der Waals surface area contributed by atoms with Gasteiger partial charge in [0, 0.05) is 26.1 Å². The molecule has 1 amide bonds. The number of amides is 1. The molecular formula is C12H17ClN4O. The van der Waals surface area contributed by atoms with Gasteiger partial charge in [0.15, 0.2) is 5.82 Å². The second-order valence-corrected chi connectivity index (χ2v) is 4.90. The summed E-state index contributed by atoms with van der Waals surface area (Å²) in [4.78, 5) is 17.4. The van der Waals surface area contributed by atoms with Crippen molar-refractivity contribution in [3.8, 4) is 0 Å². The van der Waals surface area contributed by atoms with Gasteiger partial charge in [-0.3, -0.25) is 4.79 Å². The quantitative estimate of drug-likeness (QED) is 0.796. The van der Waals surface area contributed by atoms with Crippen molar-refractivity contribution in [2.24, 2.45) is 0 Å². The lowest BCUT2D eigenvalue weighted by atomic mass is 10.0. The Hall–Kier alpha value is -1.49. The van der Waals surface area contributed by atoms with Crippen LogP contribution in [0.4, 0.5) is 11.5 Å². The minimum atomic E-state index is 0.0221. The molecular weight excluding hydrogens is 252 g/mol. The van der Waals surface area contributed by atoms with Crippen LogP contribution < -0.4 is 16.0 Å². The number of halogens is 1. The van der Waals surface area contributed by atoms with Gasteiger partial charge in [0.2, 0.25) is 5.91 Å². The van der Waals surface area contributed by atoms with E-state index in [1.54, 1.807) is 19.1 Å². The number of nitrogens with two attached hydrogens (primary N) is 1. The highest BCUT2D eigenvalue weighted by Gasteiger charge is 2.22. The van der Waals surface area contributed by atoms with Crippen molar-refractivity contribution in [3.05, 3.63) is 17.3 Å². The molecule has 1 aliphatic heterocycles. The van der Waals surface area contributed by atoms with Gasteiger partial charge < -0.3 is 16.0 Å². The molecule has 5 nitrogen and oxygen atoms in total. The zero-order chi connectivity index (χ0) is 13.1. The molecule has 1 aliphatic rings. The monoisotopic (exact) mass is 268 g/mol. The number of rotatable bonds is 2. The number of hydrogen-bond acceptors (Lipinski definition) is 4. The summed E-state index contributed by atoms with van der Waals surface area (Å²) in [6.45, 7) is 3.19. The summed E-state index contributed by atoms with van der Waals surface area (Å²) in [6, 6.07) is 3.70. The van der Waals surface area contributed by atoms with Crippen LogP contribution in [0.3, 0.4) is 0 Å². The zero-order valence-corrected chi connectivity index (χ0v) is 11.1. The number of hydrogen-bond donors (Lipinski definition) is 2. The first-order valence-electron chi connectivity index (χ1n) is 6.00. The molecule has 2 rings (SSSR count). The fourth-order valence-electron chi connectivity index (χ4n) is 2.21. The number of anilines is 2. The van der Waals surface area contributed by atoms with E-state index in [2.05, 4.69) is 15.2 Å². The molecule has 1 aromatic heterocycles. The maximum atomic E-state index is 11.0. The Morgan fingerprint density at radius 1 is 1.50 bits per heavy atom. The first kappa shape index (κ1) is 13.0. The molecule has 1 saturated heterocycles. The van der Waals surface area contributed by atoms with Crippen molar-refractivity contribution >= 4 is 29.0 Å². The van der Waals surface area contributed by atoms with Crippen molar-refractivity contribution in [3.63, 3.8) is 0 Å². The molecule has 0 unspecified atom stereocenters. The summed E-state index contributed by atoms with van der Waals surface area (Å²) in [5.41, 5.74) is 6.54. The third-order valence-electron chi connectivity index (χ3n) is 3.07. The zero-order valence-electron chi connectivity index (χ0n) is 10.3. The van der Waals surface area contributed by atoms with Gasteiger partial charge in [0.05, 0.1) is 5.69 Å². The van der Waals surface area contributed by atoms with Gasteiger partial charge in [-0.15, -0.1) is 0 Å². The molecule has 6 heteroatoms. The Kier molecular flexibility index (Phi) is 3.91. The van der Waals surface area contributed by atoms with Gasteiger partial charge in [-0.05, 0) is 25.0 Å². The lowest BCUT2D eigenvalue weighted by Crippen LogP contribution is -2.44. The number of nitrogens with zero attached hydrogens (tertiary/aromatic N) is 2. The van der Waals surface area contributed by atoms with E-state index in [9.17, 15) is 4.79 Å². The van der Waals surface area contributed by atoms with Crippen LogP contribution >= 0.6 is 11.6 Å². The average Bonchev–Trinajstić information content (AvgIpc) is 2.33. The number of carbonyl (C=O) groups is 1. The van der Waals surface area contributed by atoms with E-state index in [0.717, 1.165) is 31.7 Å². The maximum Gasteiger partial charge on any atom is 0.217 e. The molecule has 18 heavy (non-hydrogen) atoms. The molecule has 0 aliphatic carbocycles. The summed E-state index contributed by atoms with van der Waals surface area (Å²) in [5, 5.41) is 3.38. The van der Waals surface area contributed by atoms with Gasteiger partial charge in [-0.1, -0.05) is 11.6 Å². The van der Waals surface area contributed by atoms with Crippen LogP contribution in [0.1, 0.15) is 19.8 Å². The van der Waals surface area contributed by atoms with Gasteiger partial charge in [0.25, 0.3) is 0 Å². The van der Waals surface area contributed by atoms with E-state index in [-0.39, 0.29) is 11.9 Å². The second kappa shape index (κ2) is 5.44. The molecule has 0 radical (unpaired) electrons. The van der Waals surface area contributed by atoms with Gasteiger partial charge in [0.1, 0.15) is 5.15 Å². The van der Waals surface area contributed by atoms with Crippen molar-refractivity contribution in [1.29, 1.82) is 0 Å². The Bertz CT molecular complexity index is 444. The SMILES string of the molecule is CC(=O)NC1CCN(c2nc(Cl)ccc2N)CC1. The summed E-state index contributed by atoms with van der Waals surface area (Å²) in [7, 11) is 0. The highest BCUT2D eigenvalue weighted by Crippen LogP contribution is 2.25. The Morgan fingerprint density at radius 3 is 2.78 bits per heavy atom. The van der Waals surface area contributed by atoms with Crippen molar-refractivity contribution in [1.82, 2.24) is 10.3 Å². The van der Waals surface area contributed by atoms with Crippen molar-refractivity contribution < 1.29 is 4.79 Å². The van der Waals surface area contributed by atoms with Gasteiger partial charge in [-0.25, -0.2) is 4.98 Å². The summed E-state index contributed by atoms with van der Waals surface area (Å²) in [6.07, 6.45) is 1.79. The number of nitrogens with one attached hydrogen (secondary N) is 1. The number of nitrogen functional groups attached to an aromatic ring is 1. The fraction of sp³-hybridized carbons (Fsp3) is 0.500. The summed E-state index contributed by atoms with van der Waals surface area (Å²) >= 11 is 5.88. The van der Waals surface area contributed by atoms with Crippen LogP contribution in [0.5, 0.6) is 0 Å². The van der Waals surface area contributed by atoms with E-state index in [1.165, 1.54) is 0 Å². The second-order valence-electron chi connectivity index (χ2n) is 4.51. The molecule has 3 N–H and O–H groups in total. The number of piperidine rings is 1. The highest BCUT2D eigenvalue weighted by atomic mass is 35.5. The number of aromatic nitrogens is 1. The third kappa shape index (κ3) is 3.04. The standard InChI is InChI=1S/C12H17ClN4O/c1-8(18)15-9-4-6-17(7-5-9)12-10(14)2-3-11(13)16-12/h2-3,9H,4-7,14H2,1H3,(H,15,18). The van der Waals surface area contributed by atoms with E-state index < -0.39 is 0 Å². The predicted molar refractivity (Wildman–Crippen MR) is 72.7 cm³/mol. The smallest absolute Gasteiger partial charge is 0.217 e. The normalized spacial score (nSPS) is 16.7. The molecule has 0 saturated carbocycles. The highest BCUT2D eigenvalue weighted by molar-refractivity contribution is 6.29. The number of carbonyl (C=O) groups excluding carboxylic acids is 1. The van der Waals surface area contributed by atoms with Crippen molar-refractivity contribution in [2.45, 2.75) is 25.8 Å². The van der Waals surface area contributed by atoms with Crippen LogP contribution in [-0.2, 0) is 4.79 Å². The van der Waals surface area contributed by atoms with Crippen LogP contribution in [0.25, 0.3) is 0 Å². The molecule has 98 valence electrons. The van der Waals surface area contributed by atoms with Crippen LogP contribution in [0, 0.1) is 0 Å². The first-order valence-corrected chi connectivity index (χ1v) is 6.38. The lowest BCUT2D eigenvalue weighted by Gasteiger charge is -2.33. The Balaban J connectivity index is 2.01. The number of pyridine rings is 1. The topological polar surface area (TPSA) is 71.2 Å². The minimum absolute atomic E-state index is 0.0221. The molecule has 0 bridgehead atoms. The van der Waals surface area contributed by atoms with Gasteiger partial charge in [-0.2, -0.15) is 0 Å². The van der Waals surface area contributed by atoms with Crippen LogP contribution in [0.2, 0.25) is 5.15 Å². The first-order chi connectivity index (χ1) is 8.56. The third-order valence-corrected chi connectivity index (χ3v) is 3.28. The molecule has 0 atom stereocenters. The van der Waals surface area contributed by atoms with Crippen LogP contribution in [-0.4, -0.2) is 30.0 Å². The van der Waals surface area contributed by atoms with Crippen LogP contribution in [0.15, 0.2) is 12.1 Å². The Morgan fingerprint density at radius 2 is 2.17 bits per heavy atom. The largest absolute Gasteiger partial charge is 0.396 e. The minimum Gasteiger partial charge on any atom is -0.396 e. The fourth-order valence-corrected chi connectivity index (χ4v) is 2.36. The lowest BCUT2D eigenvalue weighted by molar-refractivity contribution is -0.119. The van der Waals surface area contributed by atoms with Gasteiger partial charge >= 0.3 is 0 Å². The molecule has 1 fully saturated rings. The summed E-state index contributed by atoms with van der Waals surface area (Å²) < 4.78 is 0. The summed E-state index contributed by atoms with van der Waals surface area (Å²) in [5.74, 6) is 0.762. The average molecular weight is 269 g/mol. The molecule has 0 spiro atoms. The van der Waals surface area contributed by atoms with E-state index in [4.69, 9.17) is 17.3 Å². The predicted octanol–water partition coefficient (Wildman–Crippen LogP) is 1.42. The maximum absolute atomic E-state index is 11.0.